The number of benzene rings is 1. The highest BCUT2D eigenvalue weighted by molar-refractivity contribution is 5.92. The third-order valence-electron chi connectivity index (χ3n) is 2.73. The standard InChI is InChI=1S/C15H16N2O2/c1-11-4-3-5-14(17-11)15(18)16-10-12-6-8-13(19-2)9-7-12/h3-9H,10H2,1-2H3,(H,16,18). The molecular weight excluding hydrogens is 240 g/mol. The van der Waals surface area contributed by atoms with E-state index in [-0.39, 0.29) is 5.91 Å². The molecule has 0 saturated carbocycles. The van der Waals surface area contributed by atoms with Crippen LogP contribution in [0.25, 0.3) is 0 Å². The minimum atomic E-state index is -0.167. The molecule has 1 aromatic carbocycles. The Balaban J connectivity index is 1.96. The summed E-state index contributed by atoms with van der Waals surface area (Å²) in [7, 11) is 1.63. The Morgan fingerprint density at radius 3 is 2.58 bits per heavy atom. The van der Waals surface area contributed by atoms with Crippen molar-refractivity contribution >= 4 is 5.91 Å². The van der Waals surface area contributed by atoms with Crippen LogP contribution in [0.2, 0.25) is 0 Å². The van der Waals surface area contributed by atoms with Gasteiger partial charge in [-0.1, -0.05) is 18.2 Å². The fraction of sp³-hybridized carbons (Fsp3) is 0.200. The van der Waals surface area contributed by atoms with Crippen molar-refractivity contribution in [3.8, 4) is 5.75 Å². The number of hydrogen-bond donors (Lipinski definition) is 1. The van der Waals surface area contributed by atoms with E-state index in [4.69, 9.17) is 4.74 Å². The van der Waals surface area contributed by atoms with Crippen molar-refractivity contribution in [1.82, 2.24) is 10.3 Å². The maximum Gasteiger partial charge on any atom is 0.270 e. The van der Waals surface area contributed by atoms with Crippen LogP contribution >= 0.6 is 0 Å². The van der Waals surface area contributed by atoms with Gasteiger partial charge in [0.2, 0.25) is 0 Å². The monoisotopic (exact) mass is 256 g/mol. The Morgan fingerprint density at radius 2 is 1.95 bits per heavy atom. The smallest absolute Gasteiger partial charge is 0.270 e. The first-order chi connectivity index (χ1) is 9.19. The highest BCUT2D eigenvalue weighted by atomic mass is 16.5. The highest BCUT2D eigenvalue weighted by Gasteiger charge is 2.06. The summed E-state index contributed by atoms with van der Waals surface area (Å²) in [5.41, 5.74) is 2.28. The first-order valence-corrected chi connectivity index (χ1v) is 6.04. The molecule has 0 bridgehead atoms. The molecule has 1 aromatic heterocycles. The fourth-order valence-electron chi connectivity index (χ4n) is 1.69. The summed E-state index contributed by atoms with van der Waals surface area (Å²) in [5.74, 6) is 0.634. The lowest BCUT2D eigenvalue weighted by Gasteiger charge is -2.06. The zero-order valence-corrected chi connectivity index (χ0v) is 11.0. The number of nitrogens with zero attached hydrogens (tertiary/aromatic N) is 1. The van der Waals surface area contributed by atoms with Crippen molar-refractivity contribution in [3.05, 3.63) is 59.4 Å². The summed E-state index contributed by atoms with van der Waals surface area (Å²) < 4.78 is 5.08. The number of nitrogens with one attached hydrogen (secondary N) is 1. The molecule has 0 spiro atoms. The summed E-state index contributed by atoms with van der Waals surface area (Å²) in [4.78, 5) is 16.1. The molecule has 1 amide bonds. The normalized spacial score (nSPS) is 10.0. The molecule has 0 unspecified atom stereocenters. The van der Waals surface area contributed by atoms with Gasteiger partial charge in [-0.25, -0.2) is 4.98 Å². The number of rotatable bonds is 4. The van der Waals surface area contributed by atoms with Crippen LogP contribution in [0, 0.1) is 6.92 Å². The van der Waals surface area contributed by atoms with Gasteiger partial charge in [-0.05, 0) is 36.8 Å². The van der Waals surface area contributed by atoms with E-state index in [0.717, 1.165) is 17.0 Å². The van der Waals surface area contributed by atoms with Gasteiger partial charge in [0, 0.05) is 12.2 Å². The molecule has 0 aliphatic rings. The second-order valence-corrected chi connectivity index (χ2v) is 4.19. The van der Waals surface area contributed by atoms with Crippen LogP contribution in [0.1, 0.15) is 21.7 Å². The van der Waals surface area contributed by atoms with Gasteiger partial charge < -0.3 is 10.1 Å². The van der Waals surface area contributed by atoms with Crippen molar-refractivity contribution in [1.29, 1.82) is 0 Å². The van der Waals surface area contributed by atoms with Crippen LogP contribution < -0.4 is 10.1 Å². The van der Waals surface area contributed by atoms with E-state index < -0.39 is 0 Å². The number of pyridine rings is 1. The van der Waals surface area contributed by atoms with E-state index in [2.05, 4.69) is 10.3 Å². The Kier molecular flexibility index (Phi) is 4.13. The Labute approximate surface area is 112 Å². The number of ether oxygens (including phenoxy) is 1. The Hall–Kier alpha value is -2.36. The van der Waals surface area contributed by atoms with Crippen molar-refractivity contribution in [2.75, 3.05) is 7.11 Å². The molecule has 0 radical (unpaired) electrons. The number of amides is 1. The van der Waals surface area contributed by atoms with Gasteiger partial charge in [0.05, 0.1) is 7.11 Å². The number of carbonyl (C=O) groups excluding carboxylic acids is 1. The number of carbonyl (C=O) groups is 1. The molecule has 4 nitrogen and oxygen atoms in total. The summed E-state index contributed by atoms with van der Waals surface area (Å²) in [6.07, 6.45) is 0. The third kappa shape index (κ3) is 3.55. The summed E-state index contributed by atoms with van der Waals surface area (Å²) in [6, 6.07) is 13.0. The Bertz CT molecular complexity index is 565. The number of aromatic nitrogens is 1. The third-order valence-corrected chi connectivity index (χ3v) is 2.73. The van der Waals surface area contributed by atoms with Crippen molar-refractivity contribution in [2.45, 2.75) is 13.5 Å². The molecule has 0 saturated heterocycles. The summed E-state index contributed by atoms with van der Waals surface area (Å²) >= 11 is 0. The molecule has 1 heterocycles. The maximum atomic E-state index is 11.9. The molecular formula is C15H16N2O2. The van der Waals surface area contributed by atoms with E-state index in [1.165, 1.54) is 0 Å². The number of hydrogen-bond acceptors (Lipinski definition) is 3. The minimum Gasteiger partial charge on any atom is -0.497 e. The van der Waals surface area contributed by atoms with Gasteiger partial charge in [0.15, 0.2) is 0 Å². The molecule has 2 aromatic rings. The average molecular weight is 256 g/mol. The molecule has 1 N–H and O–H groups in total. The van der Waals surface area contributed by atoms with Crippen molar-refractivity contribution < 1.29 is 9.53 Å². The van der Waals surface area contributed by atoms with Crippen LogP contribution in [0.5, 0.6) is 5.75 Å². The second-order valence-electron chi connectivity index (χ2n) is 4.19. The van der Waals surface area contributed by atoms with E-state index in [9.17, 15) is 4.79 Å². The van der Waals surface area contributed by atoms with Crippen molar-refractivity contribution in [2.24, 2.45) is 0 Å². The van der Waals surface area contributed by atoms with E-state index >= 15 is 0 Å². The Morgan fingerprint density at radius 1 is 1.21 bits per heavy atom. The van der Waals surface area contributed by atoms with Crippen LogP contribution in [-0.4, -0.2) is 18.0 Å². The average Bonchev–Trinajstić information content (AvgIpc) is 2.45. The minimum absolute atomic E-state index is 0.167. The number of methoxy groups -OCH3 is 1. The highest BCUT2D eigenvalue weighted by Crippen LogP contribution is 2.11. The van der Waals surface area contributed by atoms with Gasteiger partial charge in [-0.15, -0.1) is 0 Å². The summed E-state index contributed by atoms with van der Waals surface area (Å²) in [5, 5.41) is 2.84. The van der Waals surface area contributed by atoms with Crippen LogP contribution in [0.3, 0.4) is 0 Å². The largest absolute Gasteiger partial charge is 0.497 e. The lowest BCUT2D eigenvalue weighted by Crippen LogP contribution is -2.23. The molecule has 0 fully saturated rings. The van der Waals surface area contributed by atoms with Gasteiger partial charge in [-0.3, -0.25) is 4.79 Å². The van der Waals surface area contributed by atoms with Gasteiger partial charge >= 0.3 is 0 Å². The van der Waals surface area contributed by atoms with Crippen molar-refractivity contribution in [3.63, 3.8) is 0 Å². The first kappa shape index (κ1) is 13.1. The molecule has 0 atom stereocenters. The number of aryl methyl sites for hydroxylation is 1. The fourth-order valence-corrected chi connectivity index (χ4v) is 1.69. The zero-order chi connectivity index (χ0) is 13.7. The molecule has 98 valence electrons. The lowest BCUT2D eigenvalue weighted by atomic mass is 10.2. The van der Waals surface area contributed by atoms with Crippen LogP contribution in [0.4, 0.5) is 0 Å². The van der Waals surface area contributed by atoms with Gasteiger partial charge in [0.25, 0.3) is 5.91 Å². The van der Waals surface area contributed by atoms with Gasteiger partial charge in [0.1, 0.15) is 11.4 Å². The van der Waals surface area contributed by atoms with E-state index in [1.807, 2.05) is 43.3 Å². The zero-order valence-electron chi connectivity index (χ0n) is 11.0. The quantitative estimate of drug-likeness (QED) is 0.913. The van der Waals surface area contributed by atoms with Gasteiger partial charge in [-0.2, -0.15) is 0 Å². The molecule has 2 rings (SSSR count). The predicted octanol–water partition coefficient (Wildman–Crippen LogP) is 2.33. The van der Waals surface area contributed by atoms with E-state index in [0.29, 0.717) is 12.2 Å². The summed E-state index contributed by atoms with van der Waals surface area (Å²) in [6.45, 7) is 2.33. The molecule has 0 aliphatic heterocycles. The predicted molar refractivity (Wildman–Crippen MR) is 73.1 cm³/mol. The lowest BCUT2D eigenvalue weighted by molar-refractivity contribution is 0.0945. The second kappa shape index (κ2) is 6.00. The van der Waals surface area contributed by atoms with E-state index in [1.54, 1.807) is 13.2 Å². The molecule has 0 aliphatic carbocycles. The van der Waals surface area contributed by atoms with Crippen LogP contribution in [0.15, 0.2) is 42.5 Å². The maximum absolute atomic E-state index is 11.9. The molecule has 19 heavy (non-hydrogen) atoms. The topological polar surface area (TPSA) is 51.2 Å². The first-order valence-electron chi connectivity index (χ1n) is 6.04. The molecule has 4 heteroatoms. The van der Waals surface area contributed by atoms with Crippen LogP contribution in [-0.2, 0) is 6.54 Å². The SMILES string of the molecule is COc1ccc(CNC(=O)c2cccc(C)n2)cc1.